The first kappa shape index (κ1) is 15.4. The molecule has 0 aliphatic carbocycles. The van der Waals surface area contributed by atoms with Gasteiger partial charge in [0.05, 0.1) is 6.61 Å². The van der Waals surface area contributed by atoms with Crippen molar-refractivity contribution in [3.63, 3.8) is 0 Å². The topological polar surface area (TPSA) is 73.6 Å². The first-order valence-electron chi connectivity index (χ1n) is 5.98. The van der Waals surface area contributed by atoms with E-state index >= 15 is 0 Å². The van der Waals surface area contributed by atoms with Gasteiger partial charge < -0.3 is 20.5 Å². The van der Waals surface area contributed by atoms with Crippen LogP contribution in [0.15, 0.2) is 18.2 Å². The predicted molar refractivity (Wildman–Crippen MR) is 69.4 cm³/mol. The molecule has 0 spiro atoms. The maximum absolute atomic E-state index is 13.1. The molecular formula is C13H19FN2O3. The summed E-state index contributed by atoms with van der Waals surface area (Å²) >= 11 is 0. The smallest absolute Gasteiger partial charge is 0.258 e. The second kappa shape index (κ2) is 7.70. The minimum atomic E-state index is -0.385. The minimum absolute atomic E-state index is 0.144. The van der Waals surface area contributed by atoms with Crippen LogP contribution >= 0.6 is 0 Å². The van der Waals surface area contributed by atoms with Gasteiger partial charge in [-0.1, -0.05) is 0 Å². The fourth-order valence-electron chi connectivity index (χ4n) is 1.49. The van der Waals surface area contributed by atoms with E-state index < -0.39 is 0 Å². The molecule has 3 N–H and O–H groups in total. The number of carbonyl (C=O) groups excluding carboxylic acids is 1. The number of nitrogens with two attached hydrogens (primary N) is 1. The average Bonchev–Trinajstić information content (AvgIpc) is 2.37. The molecule has 0 radical (unpaired) electrons. The van der Waals surface area contributed by atoms with Crippen molar-refractivity contribution in [3.05, 3.63) is 29.6 Å². The predicted octanol–water partition coefficient (Wildman–Crippen LogP) is 0.987. The van der Waals surface area contributed by atoms with Crippen molar-refractivity contribution in [2.24, 2.45) is 5.73 Å². The third-order valence-corrected chi connectivity index (χ3v) is 2.45. The summed E-state index contributed by atoms with van der Waals surface area (Å²) in [5.74, 6) is -0.237. The first-order chi connectivity index (χ1) is 9.04. The summed E-state index contributed by atoms with van der Waals surface area (Å²) in [4.78, 5) is 11.4. The highest BCUT2D eigenvalue weighted by Crippen LogP contribution is 2.24. The molecule has 106 valence electrons. The van der Waals surface area contributed by atoms with Gasteiger partial charge in [-0.2, -0.15) is 0 Å². The van der Waals surface area contributed by atoms with Crippen molar-refractivity contribution in [2.75, 3.05) is 26.9 Å². The Kier molecular flexibility index (Phi) is 6.24. The Bertz CT molecular complexity index is 424. The Balaban J connectivity index is 2.55. The highest BCUT2D eigenvalue weighted by atomic mass is 19.1. The van der Waals surface area contributed by atoms with Gasteiger partial charge in [0.15, 0.2) is 6.61 Å². The molecule has 0 heterocycles. The van der Waals surface area contributed by atoms with Gasteiger partial charge in [-0.05, 0) is 25.1 Å². The van der Waals surface area contributed by atoms with Crippen LogP contribution in [0.1, 0.15) is 18.5 Å². The van der Waals surface area contributed by atoms with Crippen molar-refractivity contribution in [1.82, 2.24) is 5.32 Å². The summed E-state index contributed by atoms with van der Waals surface area (Å²) in [7, 11) is 1.55. The van der Waals surface area contributed by atoms with Crippen molar-refractivity contribution in [2.45, 2.75) is 13.0 Å². The van der Waals surface area contributed by atoms with Crippen LogP contribution in [-0.4, -0.2) is 32.8 Å². The highest BCUT2D eigenvalue weighted by Gasteiger charge is 2.11. The van der Waals surface area contributed by atoms with E-state index in [4.69, 9.17) is 15.2 Å². The summed E-state index contributed by atoms with van der Waals surface area (Å²) in [5.41, 5.74) is 6.26. The molecule has 0 bridgehead atoms. The number of halogens is 1. The second-order valence-electron chi connectivity index (χ2n) is 4.10. The summed E-state index contributed by atoms with van der Waals surface area (Å²) < 4.78 is 23.3. The monoisotopic (exact) mass is 270 g/mol. The zero-order valence-electron chi connectivity index (χ0n) is 11.1. The molecule has 6 heteroatoms. The van der Waals surface area contributed by atoms with E-state index in [1.807, 2.05) is 0 Å². The molecule has 19 heavy (non-hydrogen) atoms. The lowest BCUT2D eigenvalue weighted by molar-refractivity contribution is -0.123. The third-order valence-electron chi connectivity index (χ3n) is 2.45. The molecule has 0 saturated heterocycles. The minimum Gasteiger partial charge on any atom is -0.483 e. The van der Waals surface area contributed by atoms with Crippen molar-refractivity contribution < 1.29 is 18.7 Å². The normalized spacial score (nSPS) is 12.0. The van der Waals surface area contributed by atoms with E-state index in [0.29, 0.717) is 24.5 Å². The molecule has 1 aromatic carbocycles. The molecule has 0 fully saturated rings. The number of ether oxygens (including phenoxy) is 2. The maximum Gasteiger partial charge on any atom is 0.258 e. The van der Waals surface area contributed by atoms with E-state index in [1.54, 1.807) is 14.0 Å². The highest BCUT2D eigenvalue weighted by molar-refractivity contribution is 5.77. The standard InChI is InChI=1S/C13H19FN2O3/c1-9(15)11-7-10(14)3-4-12(11)19-8-13(17)16-5-6-18-2/h3-4,7,9H,5-6,8,15H2,1-2H3,(H,16,17)/t9-/m0/s1. The summed E-state index contributed by atoms with van der Waals surface area (Å²) in [5, 5.41) is 2.62. The van der Waals surface area contributed by atoms with E-state index in [2.05, 4.69) is 5.32 Å². The number of hydrogen-bond donors (Lipinski definition) is 2. The Morgan fingerprint density at radius 2 is 2.26 bits per heavy atom. The Morgan fingerprint density at radius 3 is 2.89 bits per heavy atom. The van der Waals surface area contributed by atoms with Gasteiger partial charge in [0.2, 0.25) is 0 Å². The number of carbonyl (C=O) groups is 1. The molecule has 0 unspecified atom stereocenters. The fourth-order valence-corrected chi connectivity index (χ4v) is 1.49. The fraction of sp³-hybridized carbons (Fsp3) is 0.462. The lowest BCUT2D eigenvalue weighted by Gasteiger charge is -2.14. The zero-order valence-corrected chi connectivity index (χ0v) is 11.1. The summed E-state index contributed by atoms with van der Waals surface area (Å²) in [6, 6.07) is 3.67. The van der Waals surface area contributed by atoms with Crippen LogP contribution in [0.3, 0.4) is 0 Å². The van der Waals surface area contributed by atoms with Crippen molar-refractivity contribution in [3.8, 4) is 5.75 Å². The van der Waals surface area contributed by atoms with Crippen molar-refractivity contribution in [1.29, 1.82) is 0 Å². The lowest BCUT2D eigenvalue weighted by Crippen LogP contribution is -2.31. The van der Waals surface area contributed by atoms with Gasteiger partial charge in [0, 0.05) is 25.3 Å². The molecule has 0 aromatic heterocycles. The van der Waals surface area contributed by atoms with Crippen LogP contribution in [0, 0.1) is 5.82 Å². The van der Waals surface area contributed by atoms with Gasteiger partial charge in [-0.15, -0.1) is 0 Å². The Morgan fingerprint density at radius 1 is 1.53 bits per heavy atom. The number of hydrogen-bond acceptors (Lipinski definition) is 4. The molecule has 1 rings (SSSR count). The molecular weight excluding hydrogens is 251 g/mol. The molecule has 1 atom stereocenters. The SMILES string of the molecule is COCCNC(=O)COc1ccc(F)cc1[C@H](C)N. The molecule has 1 aromatic rings. The second-order valence-corrected chi connectivity index (χ2v) is 4.10. The lowest BCUT2D eigenvalue weighted by atomic mass is 10.1. The van der Waals surface area contributed by atoms with Crippen LogP contribution < -0.4 is 15.8 Å². The average molecular weight is 270 g/mol. The number of rotatable bonds is 7. The maximum atomic E-state index is 13.1. The summed E-state index contributed by atoms with van der Waals surface area (Å²) in [6.07, 6.45) is 0. The number of amides is 1. The largest absolute Gasteiger partial charge is 0.483 e. The van der Waals surface area contributed by atoms with Gasteiger partial charge in [0.1, 0.15) is 11.6 Å². The van der Waals surface area contributed by atoms with E-state index in [-0.39, 0.29) is 24.4 Å². The van der Waals surface area contributed by atoms with Crippen LogP contribution in [0.5, 0.6) is 5.75 Å². The van der Waals surface area contributed by atoms with E-state index in [1.165, 1.54) is 18.2 Å². The number of nitrogens with one attached hydrogen (secondary N) is 1. The number of methoxy groups -OCH3 is 1. The van der Waals surface area contributed by atoms with Gasteiger partial charge in [-0.25, -0.2) is 4.39 Å². The third kappa shape index (κ3) is 5.23. The zero-order chi connectivity index (χ0) is 14.3. The van der Waals surface area contributed by atoms with Crippen molar-refractivity contribution >= 4 is 5.91 Å². The molecule has 1 amide bonds. The number of benzene rings is 1. The Labute approximate surface area is 111 Å². The van der Waals surface area contributed by atoms with Gasteiger partial charge in [0.25, 0.3) is 5.91 Å². The van der Waals surface area contributed by atoms with E-state index in [0.717, 1.165) is 0 Å². The van der Waals surface area contributed by atoms with Crippen LogP contribution in [-0.2, 0) is 9.53 Å². The van der Waals surface area contributed by atoms with Crippen LogP contribution in [0.2, 0.25) is 0 Å². The molecule has 5 nitrogen and oxygen atoms in total. The summed E-state index contributed by atoms with van der Waals surface area (Å²) in [6.45, 7) is 2.44. The van der Waals surface area contributed by atoms with Gasteiger partial charge >= 0.3 is 0 Å². The molecule has 0 aliphatic rings. The molecule has 0 aliphatic heterocycles. The van der Waals surface area contributed by atoms with Gasteiger partial charge in [-0.3, -0.25) is 4.79 Å². The van der Waals surface area contributed by atoms with Crippen LogP contribution in [0.25, 0.3) is 0 Å². The Hall–Kier alpha value is -1.66. The molecule has 0 saturated carbocycles. The quantitative estimate of drug-likeness (QED) is 0.725. The van der Waals surface area contributed by atoms with E-state index in [9.17, 15) is 9.18 Å². The van der Waals surface area contributed by atoms with Crippen LogP contribution in [0.4, 0.5) is 4.39 Å². The first-order valence-corrected chi connectivity index (χ1v) is 5.98.